The molecule has 0 atom stereocenters. The Balaban J connectivity index is 1.25. The number of hydrogen-bond acceptors (Lipinski definition) is 6. The first-order chi connectivity index (χ1) is 14.6. The Morgan fingerprint density at radius 3 is 2.57 bits per heavy atom. The Bertz CT molecular complexity index is 986. The first kappa shape index (κ1) is 20.3. The molecule has 0 spiro atoms. The minimum absolute atomic E-state index is 0.0463. The smallest absolute Gasteiger partial charge is 0.415 e. The van der Waals surface area contributed by atoms with Crippen molar-refractivity contribution >= 4 is 17.5 Å². The molecular weight excluding hydrogens is 411 g/mol. The minimum atomic E-state index is -0.316. The topological polar surface area (TPSA) is 71.7 Å². The van der Waals surface area contributed by atoms with Crippen molar-refractivity contribution in [3.05, 3.63) is 64.9 Å². The zero-order valence-electron chi connectivity index (χ0n) is 16.1. The van der Waals surface area contributed by atoms with Crippen molar-refractivity contribution in [1.29, 1.82) is 0 Å². The average Bonchev–Trinajstić information content (AvgIpc) is 3.25. The monoisotopic (exact) mass is 430 g/mol. The number of carbonyl (C=O) groups excluding carboxylic acids is 1. The SMILES string of the molecule is O=C(COc1nnc(-c2ccccc2)o1)N1CCN(Cc2c(F)cccc2Cl)CC1. The molecular formula is C21H20ClFN4O3. The third kappa shape index (κ3) is 4.77. The van der Waals surface area contributed by atoms with Crippen LogP contribution in [0, 0.1) is 5.82 Å². The van der Waals surface area contributed by atoms with Crippen molar-refractivity contribution in [2.24, 2.45) is 0 Å². The van der Waals surface area contributed by atoms with Gasteiger partial charge in [-0.1, -0.05) is 41.0 Å². The van der Waals surface area contributed by atoms with Crippen LogP contribution < -0.4 is 4.74 Å². The normalized spacial score (nSPS) is 14.7. The molecule has 0 aliphatic carbocycles. The molecule has 4 rings (SSSR count). The second-order valence-electron chi connectivity index (χ2n) is 6.88. The molecule has 2 heterocycles. The standard InChI is InChI=1S/C21H20ClFN4O3/c22-17-7-4-8-18(23)16(17)13-26-9-11-27(12-10-26)19(28)14-29-21-25-24-20(30-21)15-5-2-1-3-6-15/h1-8H,9-14H2. The molecule has 1 saturated heterocycles. The molecule has 1 aliphatic heterocycles. The van der Waals surface area contributed by atoms with Crippen LogP contribution in [0.2, 0.25) is 5.02 Å². The summed E-state index contributed by atoms with van der Waals surface area (Å²) < 4.78 is 24.8. The highest BCUT2D eigenvalue weighted by Gasteiger charge is 2.23. The van der Waals surface area contributed by atoms with E-state index in [2.05, 4.69) is 15.1 Å². The predicted molar refractivity (Wildman–Crippen MR) is 108 cm³/mol. The van der Waals surface area contributed by atoms with E-state index in [1.54, 1.807) is 17.0 Å². The van der Waals surface area contributed by atoms with Gasteiger partial charge in [0.2, 0.25) is 0 Å². The van der Waals surface area contributed by atoms with E-state index in [0.717, 1.165) is 5.56 Å². The summed E-state index contributed by atoms with van der Waals surface area (Å²) in [6.07, 6.45) is -0.0463. The first-order valence-corrected chi connectivity index (χ1v) is 9.92. The van der Waals surface area contributed by atoms with Crippen LogP contribution in [0.25, 0.3) is 11.5 Å². The second-order valence-corrected chi connectivity index (χ2v) is 7.29. The van der Waals surface area contributed by atoms with Crippen molar-refractivity contribution in [3.63, 3.8) is 0 Å². The van der Waals surface area contributed by atoms with Crippen LogP contribution in [0.4, 0.5) is 4.39 Å². The van der Waals surface area contributed by atoms with Gasteiger partial charge in [-0.2, -0.15) is 0 Å². The molecule has 0 bridgehead atoms. The molecule has 3 aromatic rings. The molecule has 1 fully saturated rings. The number of aromatic nitrogens is 2. The van der Waals surface area contributed by atoms with Gasteiger partial charge in [-0.25, -0.2) is 4.39 Å². The third-order valence-electron chi connectivity index (χ3n) is 4.91. The van der Waals surface area contributed by atoms with Gasteiger partial charge in [0.15, 0.2) is 6.61 Å². The third-order valence-corrected chi connectivity index (χ3v) is 5.27. The fourth-order valence-electron chi connectivity index (χ4n) is 3.24. The molecule has 0 unspecified atom stereocenters. The summed E-state index contributed by atoms with van der Waals surface area (Å²) in [4.78, 5) is 16.2. The number of piperazine rings is 1. The fraction of sp³-hybridized carbons (Fsp3) is 0.286. The van der Waals surface area contributed by atoms with E-state index in [9.17, 15) is 9.18 Å². The fourth-order valence-corrected chi connectivity index (χ4v) is 3.47. The summed E-state index contributed by atoms with van der Waals surface area (Å²) in [5.41, 5.74) is 1.25. The zero-order valence-corrected chi connectivity index (χ0v) is 16.9. The Morgan fingerprint density at radius 2 is 1.83 bits per heavy atom. The lowest BCUT2D eigenvalue weighted by Crippen LogP contribution is -2.49. The molecule has 1 aliphatic rings. The summed E-state index contributed by atoms with van der Waals surface area (Å²) in [5, 5.41) is 8.16. The lowest BCUT2D eigenvalue weighted by atomic mass is 10.2. The lowest BCUT2D eigenvalue weighted by Gasteiger charge is -2.34. The molecule has 0 saturated carbocycles. The van der Waals surface area contributed by atoms with Crippen molar-refractivity contribution in [2.45, 2.75) is 6.54 Å². The van der Waals surface area contributed by atoms with E-state index in [-0.39, 0.29) is 24.4 Å². The highest BCUT2D eigenvalue weighted by molar-refractivity contribution is 6.31. The van der Waals surface area contributed by atoms with Gasteiger partial charge in [-0.15, -0.1) is 5.10 Å². The van der Waals surface area contributed by atoms with Crippen LogP contribution >= 0.6 is 11.6 Å². The van der Waals surface area contributed by atoms with Crippen LogP contribution in [-0.4, -0.2) is 58.7 Å². The number of benzene rings is 2. The highest BCUT2D eigenvalue weighted by Crippen LogP contribution is 2.22. The van der Waals surface area contributed by atoms with E-state index in [1.807, 2.05) is 30.3 Å². The molecule has 0 N–H and O–H groups in total. The number of amides is 1. The van der Waals surface area contributed by atoms with Crippen molar-refractivity contribution < 1.29 is 18.3 Å². The Kier molecular flexibility index (Phi) is 6.25. The predicted octanol–water partition coefficient (Wildman–Crippen LogP) is 3.25. The van der Waals surface area contributed by atoms with Crippen molar-refractivity contribution in [2.75, 3.05) is 32.8 Å². The van der Waals surface area contributed by atoms with Gasteiger partial charge < -0.3 is 14.1 Å². The van der Waals surface area contributed by atoms with Crippen LogP contribution in [0.5, 0.6) is 6.08 Å². The molecule has 30 heavy (non-hydrogen) atoms. The van der Waals surface area contributed by atoms with Crippen molar-refractivity contribution in [3.8, 4) is 17.5 Å². The molecule has 0 radical (unpaired) electrons. The van der Waals surface area contributed by atoms with Gasteiger partial charge in [-0.3, -0.25) is 9.69 Å². The van der Waals surface area contributed by atoms with E-state index in [0.29, 0.717) is 49.2 Å². The summed E-state index contributed by atoms with van der Waals surface area (Å²) in [6.45, 7) is 2.51. The molecule has 1 amide bonds. The summed E-state index contributed by atoms with van der Waals surface area (Å²) in [6, 6.07) is 14.0. The number of hydrogen-bond donors (Lipinski definition) is 0. The van der Waals surface area contributed by atoms with Crippen LogP contribution in [-0.2, 0) is 11.3 Å². The van der Waals surface area contributed by atoms with E-state index < -0.39 is 0 Å². The maximum absolute atomic E-state index is 14.0. The molecule has 9 heteroatoms. The van der Waals surface area contributed by atoms with Gasteiger partial charge in [0.25, 0.3) is 11.8 Å². The Hall–Kier alpha value is -2.97. The number of carbonyl (C=O) groups is 1. The van der Waals surface area contributed by atoms with Gasteiger partial charge in [0, 0.05) is 48.9 Å². The summed E-state index contributed by atoms with van der Waals surface area (Å²) in [7, 11) is 0. The second kappa shape index (κ2) is 9.23. The van der Waals surface area contributed by atoms with Crippen molar-refractivity contribution in [1.82, 2.24) is 20.0 Å². The van der Waals surface area contributed by atoms with Crippen LogP contribution in [0.15, 0.2) is 52.9 Å². The minimum Gasteiger partial charge on any atom is -0.439 e. The maximum atomic E-state index is 14.0. The Labute approximate surface area is 178 Å². The quantitative estimate of drug-likeness (QED) is 0.597. The number of halogens is 2. The van der Waals surface area contributed by atoms with Crippen LogP contribution in [0.3, 0.4) is 0 Å². The van der Waals surface area contributed by atoms with E-state index in [4.69, 9.17) is 20.8 Å². The molecule has 1 aromatic heterocycles. The van der Waals surface area contributed by atoms with Gasteiger partial charge in [-0.05, 0) is 24.3 Å². The molecule has 7 nitrogen and oxygen atoms in total. The largest absolute Gasteiger partial charge is 0.439 e. The van der Waals surface area contributed by atoms with Crippen LogP contribution in [0.1, 0.15) is 5.56 Å². The zero-order chi connectivity index (χ0) is 20.9. The summed E-state index contributed by atoms with van der Waals surface area (Å²) >= 11 is 6.10. The molecule has 2 aromatic carbocycles. The maximum Gasteiger partial charge on any atom is 0.415 e. The van der Waals surface area contributed by atoms with Gasteiger partial charge in [0.05, 0.1) is 0 Å². The van der Waals surface area contributed by atoms with Gasteiger partial charge in [0.1, 0.15) is 5.82 Å². The Morgan fingerprint density at radius 1 is 1.07 bits per heavy atom. The molecule has 156 valence electrons. The first-order valence-electron chi connectivity index (χ1n) is 9.55. The van der Waals surface area contributed by atoms with E-state index in [1.165, 1.54) is 6.07 Å². The van der Waals surface area contributed by atoms with Gasteiger partial charge >= 0.3 is 6.08 Å². The van der Waals surface area contributed by atoms with E-state index >= 15 is 0 Å². The summed E-state index contributed by atoms with van der Waals surface area (Å²) in [5.74, 6) is -0.152. The number of ether oxygens (including phenoxy) is 1. The lowest BCUT2D eigenvalue weighted by molar-refractivity contribution is -0.135. The number of nitrogens with zero attached hydrogens (tertiary/aromatic N) is 4. The number of rotatable bonds is 6. The average molecular weight is 431 g/mol. The highest BCUT2D eigenvalue weighted by atomic mass is 35.5.